The molecular formula is C11H13F3N6O. The third-order valence-electron chi connectivity index (χ3n) is 2.87. The van der Waals surface area contributed by atoms with Crippen molar-refractivity contribution in [2.75, 3.05) is 0 Å². The van der Waals surface area contributed by atoms with Gasteiger partial charge in [-0.2, -0.15) is 13.2 Å². The molecule has 1 amide bonds. The summed E-state index contributed by atoms with van der Waals surface area (Å²) in [6.45, 7) is 3.24. The Labute approximate surface area is 117 Å². The lowest BCUT2D eigenvalue weighted by Crippen LogP contribution is -2.31. The van der Waals surface area contributed by atoms with Gasteiger partial charge in [0.15, 0.2) is 0 Å². The highest BCUT2D eigenvalue weighted by Gasteiger charge is 2.36. The molecule has 114 valence electrons. The summed E-state index contributed by atoms with van der Waals surface area (Å²) in [5.41, 5.74) is 0. The van der Waals surface area contributed by atoms with Crippen molar-refractivity contribution in [2.45, 2.75) is 32.6 Å². The molecule has 0 bridgehead atoms. The van der Waals surface area contributed by atoms with Crippen LogP contribution >= 0.6 is 0 Å². The first-order chi connectivity index (χ1) is 9.79. The number of nitrogens with one attached hydrogen (secondary N) is 2. The fourth-order valence-electron chi connectivity index (χ4n) is 1.74. The molecule has 0 aliphatic heterocycles. The van der Waals surface area contributed by atoms with Crippen LogP contribution in [-0.2, 0) is 17.5 Å². The van der Waals surface area contributed by atoms with E-state index in [0.29, 0.717) is 5.82 Å². The van der Waals surface area contributed by atoms with Crippen molar-refractivity contribution < 1.29 is 18.0 Å². The fourth-order valence-corrected chi connectivity index (χ4v) is 1.74. The SMILES string of the molecule is Cc1nccn1C(C)C(=O)NCc1nc(C(F)(F)F)n[nH]1. The topological polar surface area (TPSA) is 88.5 Å². The number of hydrogen-bond acceptors (Lipinski definition) is 4. The second kappa shape index (κ2) is 5.54. The average molecular weight is 302 g/mol. The van der Waals surface area contributed by atoms with E-state index in [9.17, 15) is 18.0 Å². The van der Waals surface area contributed by atoms with Crippen LogP contribution in [-0.4, -0.2) is 30.6 Å². The molecule has 0 aliphatic rings. The van der Waals surface area contributed by atoms with Gasteiger partial charge in [-0.05, 0) is 13.8 Å². The summed E-state index contributed by atoms with van der Waals surface area (Å²) in [6.07, 6.45) is -1.40. The fraction of sp³-hybridized carbons (Fsp3) is 0.455. The lowest BCUT2D eigenvalue weighted by Gasteiger charge is -2.14. The number of alkyl halides is 3. The smallest absolute Gasteiger partial charge is 0.347 e. The molecule has 0 spiro atoms. The number of halogens is 3. The van der Waals surface area contributed by atoms with Gasteiger partial charge in [-0.25, -0.2) is 9.97 Å². The molecule has 0 radical (unpaired) electrons. The molecule has 2 heterocycles. The summed E-state index contributed by atoms with van der Waals surface area (Å²) in [6, 6.07) is -0.530. The number of aryl methyl sites for hydroxylation is 1. The first kappa shape index (κ1) is 15.0. The zero-order valence-electron chi connectivity index (χ0n) is 11.3. The molecule has 0 saturated heterocycles. The number of amides is 1. The molecule has 0 fully saturated rings. The van der Waals surface area contributed by atoms with Crippen molar-refractivity contribution in [3.05, 3.63) is 29.9 Å². The normalized spacial score (nSPS) is 13.2. The number of aromatic amines is 1. The van der Waals surface area contributed by atoms with Crippen LogP contribution in [0.5, 0.6) is 0 Å². The van der Waals surface area contributed by atoms with E-state index in [1.165, 1.54) is 0 Å². The van der Waals surface area contributed by atoms with E-state index in [1.807, 2.05) is 0 Å². The largest absolute Gasteiger partial charge is 0.453 e. The molecule has 0 saturated carbocycles. The van der Waals surface area contributed by atoms with E-state index in [0.717, 1.165) is 0 Å². The molecule has 2 aromatic rings. The maximum atomic E-state index is 12.3. The highest BCUT2D eigenvalue weighted by molar-refractivity contribution is 5.79. The minimum atomic E-state index is -4.61. The third kappa shape index (κ3) is 3.38. The van der Waals surface area contributed by atoms with Crippen LogP contribution in [0.25, 0.3) is 0 Å². The quantitative estimate of drug-likeness (QED) is 0.888. The summed E-state index contributed by atoms with van der Waals surface area (Å²) in [7, 11) is 0. The van der Waals surface area contributed by atoms with Gasteiger partial charge < -0.3 is 9.88 Å². The maximum absolute atomic E-state index is 12.3. The van der Waals surface area contributed by atoms with E-state index in [-0.39, 0.29) is 18.3 Å². The second-order valence-corrected chi connectivity index (χ2v) is 4.38. The van der Waals surface area contributed by atoms with Gasteiger partial charge >= 0.3 is 6.18 Å². The second-order valence-electron chi connectivity index (χ2n) is 4.38. The molecule has 21 heavy (non-hydrogen) atoms. The van der Waals surface area contributed by atoms with E-state index < -0.39 is 18.0 Å². The summed E-state index contributed by atoms with van der Waals surface area (Å²) >= 11 is 0. The number of carbonyl (C=O) groups excluding carboxylic acids is 1. The zero-order chi connectivity index (χ0) is 15.6. The van der Waals surface area contributed by atoms with E-state index >= 15 is 0 Å². The van der Waals surface area contributed by atoms with Gasteiger partial charge in [-0.3, -0.25) is 9.89 Å². The Hall–Kier alpha value is -2.39. The number of hydrogen-bond donors (Lipinski definition) is 2. The predicted molar refractivity (Wildman–Crippen MR) is 64.9 cm³/mol. The van der Waals surface area contributed by atoms with Gasteiger partial charge in [0, 0.05) is 12.4 Å². The molecular weight excluding hydrogens is 289 g/mol. The third-order valence-corrected chi connectivity index (χ3v) is 2.87. The molecule has 10 heteroatoms. The van der Waals surface area contributed by atoms with Gasteiger partial charge in [0.2, 0.25) is 5.91 Å². The Morgan fingerprint density at radius 2 is 2.24 bits per heavy atom. The maximum Gasteiger partial charge on any atom is 0.453 e. The predicted octanol–water partition coefficient (Wildman–Crippen LogP) is 1.21. The molecule has 2 aromatic heterocycles. The first-order valence-electron chi connectivity index (χ1n) is 6.04. The number of aromatic nitrogens is 5. The van der Waals surface area contributed by atoms with Gasteiger partial charge in [-0.15, -0.1) is 5.10 Å². The Morgan fingerprint density at radius 3 is 2.76 bits per heavy atom. The van der Waals surface area contributed by atoms with Crippen molar-refractivity contribution in [2.24, 2.45) is 0 Å². The lowest BCUT2D eigenvalue weighted by atomic mass is 10.3. The van der Waals surface area contributed by atoms with Crippen LogP contribution < -0.4 is 5.32 Å². The van der Waals surface area contributed by atoms with Gasteiger partial charge in [0.05, 0.1) is 6.54 Å². The minimum absolute atomic E-state index is 0.0646. The number of nitrogens with zero attached hydrogens (tertiary/aromatic N) is 4. The molecule has 1 atom stereocenters. The molecule has 2 rings (SSSR count). The molecule has 2 N–H and O–H groups in total. The van der Waals surface area contributed by atoms with Crippen LogP contribution in [0.3, 0.4) is 0 Å². The van der Waals surface area contributed by atoms with Gasteiger partial charge in [-0.1, -0.05) is 0 Å². The zero-order valence-corrected chi connectivity index (χ0v) is 11.3. The standard InChI is InChI=1S/C11H13F3N6O/c1-6(20-4-3-15-7(20)2)9(21)16-5-8-17-10(19-18-8)11(12,13)14/h3-4,6H,5H2,1-2H3,(H,16,21)(H,17,18,19). The highest BCUT2D eigenvalue weighted by Crippen LogP contribution is 2.25. The number of rotatable bonds is 4. The number of H-pyrrole nitrogens is 1. The Bertz CT molecular complexity index is 632. The molecule has 1 unspecified atom stereocenters. The number of carbonyl (C=O) groups is 1. The molecule has 0 aliphatic carbocycles. The van der Waals surface area contributed by atoms with Gasteiger partial charge in [0.1, 0.15) is 17.7 Å². The molecule has 7 nitrogen and oxygen atoms in total. The van der Waals surface area contributed by atoms with Gasteiger partial charge in [0.25, 0.3) is 5.82 Å². The van der Waals surface area contributed by atoms with Crippen molar-refractivity contribution in [1.82, 2.24) is 30.0 Å². The monoisotopic (exact) mass is 302 g/mol. The first-order valence-corrected chi connectivity index (χ1v) is 6.04. The summed E-state index contributed by atoms with van der Waals surface area (Å²) in [5.74, 6) is -1.02. The van der Waals surface area contributed by atoms with Crippen molar-refractivity contribution in [3.63, 3.8) is 0 Å². The average Bonchev–Trinajstić information content (AvgIpc) is 3.03. The van der Waals surface area contributed by atoms with Crippen LogP contribution in [0.2, 0.25) is 0 Å². The van der Waals surface area contributed by atoms with Crippen molar-refractivity contribution in [3.8, 4) is 0 Å². The summed E-state index contributed by atoms with van der Waals surface area (Å²) < 4.78 is 38.6. The van der Waals surface area contributed by atoms with E-state index in [4.69, 9.17) is 0 Å². The van der Waals surface area contributed by atoms with E-state index in [2.05, 4.69) is 25.5 Å². The Morgan fingerprint density at radius 1 is 1.52 bits per heavy atom. The minimum Gasteiger partial charge on any atom is -0.347 e. The van der Waals surface area contributed by atoms with Crippen molar-refractivity contribution in [1.29, 1.82) is 0 Å². The summed E-state index contributed by atoms with van der Waals surface area (Å²) in [5, 5.41) is 7.67. The van der Waals surface area contributed by atoms with Crippen LogP contribution in [0, 0.1) is 6.92 Å². The summed E-state index contributed by atoms with van der Waals surface area (Å²) in [4.78, 5) is 19.2. The lowest BCUT2D eigenvalue weighted by molar-refractivity contribution is -0.144. The van der Waals surface area contributed by atoms with Crippen molar-refractivity contribution >= 4 is 5.91 Å². The Kier molecular flexibility index (Phi) is 3.96. The van der Waals surface area contributed by atoms with Crippen LogP contribution in [0.15, 0.2) is 12.4 Å². The highest BCUT2D eigenvalue weighted by atomic mass is 19.4. The van der Waals surface area contributed by atoms with Crippen LogP contribution in [0.4, 0.5) is 13.2 Å². The van der Waals surface area contributed by atoms with E-state index in [1.54, 1.807) is 30.8 Å². The Balaban J connectivity index is 1.95. The van der Waals surface area contributed by atoms with Crippen LogP contribution in [0.1, 0.15) is 30.4 Å². The number of imidazole rings is 1. The molecule has 0 aromatic carbocycles.